The van der Waals surface area contributed by atoms with Crippen LogP contribution >= 0.6 is 11.6 Å². The van der Waals surface area contributed by atoms with E-state index in [0.717, 1.165) is 0 Å². The minimum absolute atomic E-state index is 0.0127. The molecule has 27 heavy (non-hydrogen) atoms. The zero-order valence-corrected chi connectivity index (χ0v) is 14.7. The molecule has 2 aromatic heterocycles. The van der Waals surface area contributed by atoms with E-state index in [0.29, 0.717) is 36.9 Å². The highest BCUT2D eigenvalue weighted by molar-refractivity contribution is 6.31. The van der Waals surface area contributed by atoms with Gasteiger partial charge in [-0.25, -0.2) is 14.6 Å². The molecule has 1 saturated heterocycles. The van der Waals surface area contributed by atoms with Gasteiger partial charge in [0.05, 0.1) is 19.8 Å². The van der Waals surface area contributed by atoms with Crippen LogP contribution in [0.15, 0.2) is 24.3 Å². The molecule has 0 N–H and O–H groups in total. The van der Waals surface area contributed by atoms with Crippen molar-refractivity contribution in [3.8, 4) is 0 Å². The molecule has 0 unspecified atom stereocenters. The normalized spacial score (nSPS) is 15.5. The van der Waals surface area contributed by atoms with Gasteiger partial charge in [0.15, 0.2) is 17.0 Å². The topological polar surface area (TPSA) is 69.0 Å². The van der Waals surface area contributed by atoms with E-state index in [-0.39, 0.29) is 23.5 Å². The van der Waals surface area contributed by atoms with E-state index < -0.39 is 12.0 Å². The smallest absolute Gasteiger partial charge is 0.378 e. The summed E-state index contributed by atoms with van der Waals surface area (Å²) < 4.78 is 46.6. The van der Waals surface area contributed by atoms with Crippen molar-refractivity contribution in [2.45, 2.75) is 12.7 Å². The summed E-state index contributed by atoms with van der Waals surface area (Å²) in [6.45, 7) is 1.79. The molecule has 11 heteroatoms. The van der Waals surface area contributed by atoms with Gasteiger partial charge in [-0.05, 0) is 11.6 Å². The standard InChI is InChI=1S/C16H14ClF3N6O/c17-11-4-2-1-3-10(11)9-26-14-12(23-24-26)13(25-5-7-27-8-6-25)21-15(22-14)16(18,19)20/h1-4H,5-9H2. The molecule has 0 amide bonds. The second kappa shape index (κ2) is 6.93. The lowest BCUT2D eigenvalue weighted by Gasteiger charge is -2.28. The predicted molar refractivity (Wildman–Crippen MR) is 91.7 cm³/mol. The average molecular weight is 399 g/mol. The van der Waals surface area contributed by atoms with E-state index in [1.807, 2.05) is 0 Å². The van der Waals surface area contributed by atoms with E-state index in [4.69, 9.17) is 16.3 Å². The fourth-order valence-corrected chi connectivity index (χ4v) is 3.05. The summed E-state index contributed by atoms with van der Waals surface area (Å²) in [5.41, 5.74) is 0.932. The van der Waals surface area contributed by atoms with Crippen molar-refractivity contribution < 1.29 is 17.9 Å². The molecule has 142 valence electrons. The fourth-order valence-electron chi connectivity index (χ4n) is 2.86. The molecule has 7 nitrogen and oxygen atoms in total. The number of rotatable bonds is 3. The molecule has 3 aromatic rings. The van der Waals surface area contributed by atoms with Crippen molar-refractivity contribution >= 4 is 28.6 Å². The van der Waals surface area contributed by atoms with Crippen molar-refractivity contribution in [2.75, 3.05) is 31.2 Å². The summed E-state index contributed by atoms with van der Waals surface area (Å²) in [6.07, 6.45) is -4.69. The SMILES string of the molecule is FC(F)(F)c1nc(N2CCOCC2)c2nnn(Cc3ccccc3Cl)c2n1. The molecule has 1 aromatic carbocycles. The lowest BCUT2D eigenvalue weighted by molar-refractivity contribution is -0.144. The van der Waals surface area contributed by atoms with Gasteiger partial charge in [0, 0.05) is 18.1 Å². The first-order valence-electron chi connectivity index (χ1n) is 8.18. The first kappa shape index (κ1) is 17.9. The quantitative estimate of drug-likeness (QED) is 0.675. The zero-order chi connectivity index (χ0) is 19.0. The maximum Gasteiger partial charge on any atom is 0.451 e. The first-order chi connectivity index (χ1) is 12.9. The van der Waals surface area contributed by atoms with Crippen LogP contribution in [0, 0.1) is 0 Å². The van der Waals surface area contributed by atoms with Crippen molar-refractivity contribution in [3.63, 3.8) is 0 Å². The number of anilines is 1. The molecule has 1 aliphatic rings. The summed E-state index contributed by atoms with van der Waals surface area (Å²) >= 11 is 6.15. The minimum atomic E-state index is -4.69. The zero-order valence-electron chi connectivity index (χ0n) is 13.9. The van der Waals surface area contributed by atoms with Gasteiger partial charge in [-0.3, -0.25) is 0 Å². The Kier molecular flexibility index (Phi) is 4.60. The lowest BCUT2D eigenvalue weighted by Crippen LogP contribution is -2.37. The Morgan fingerprint density at radius 3 is 2.56 bits per heavy atom. The van der Waals surface area contributed by atoms with Crippen LogP contribution in [0.3, 0.4) is 0 Å². The summed E-state index contributed by atoms with van der Waals surface area (Å²) in [4.78, 5) is 9.12. The van der Waals surface area contributed by atoms with Crippen LogP contribution in [-0.4, -0.2) is 51.3 Å². The number of morpholine rings is 1. The molecular weight excluding hydrogens is 385 g/mol. The Morgan fingerprint density at radius 2 is 1.85 bits per heavy atom. The number of alkyl halides is 3. The van der Waals surface area contributed by atoms with Gasteiger partial charge in [0.2, 0.25) is 5.82 Å². The van der Waals surface area contributed by atoms with E-state index >= 15 is 0 Å². The number of hydrogen-bond acceptors (Lipinski definition) is 6. The second-order valence-corrected chi connectivity index (χ2v) is 6.39. The summed E-state index contributed by atoms with van der Waals surface area (Å²) in [5.74, 6) is -1.11. The molecule has 0 aliphatic carbocycles. The van der Waals surface area contributed by atoms with Crippen LogP contribution in [-0.2, 0) is 17.5 Å². The highest BCUT2D eigenvalue weighted by atomic mass is 35.5. The largest absolute Gasteiger partial charge is 0.451 e. The van der Waals surface area contributed by atoms with E-state index in [1.54, 1.807) is 29.2 Å². The summed E-state index contributed by atoms with van der Waals surface area (Å²) in [7, 11) is 0. The second-order valence-electron chi connectivity index (χ2n) is 5.98. The molecule has 0 radical (unpaired) electrons. The van der Waals surface area contributed by atoms with Gasteiger partial charge in [-0.15, -0.1) is 5.10 Å². The van der Waals surface area contributed by atoms with Crippen LogP contribution in [0.5, 0.6) is 0 Å². The Hall–Kier alpha value is -2.46. The predicted octanol–water partition coefficient (Wildman–Crippen LogP) is 2.78. The maximum absolute atomic E-state index is 13.4. The third kappa shape index (κ3) is 3.54. The summed E-state index contributed by atoms with van der Waals surface area (Å²) in [5, 5.41) is 8.51. The first-order valence-corrected chi connectivity index (χ1v) is 8.56. The Morgan fingerprint density at radius 1 is 1.11 bits per heavy atom. The molecule has 4 rings (SSSR count). The number of ether oxygens (including phenoxy) is 1. The van der Waals surface area contributed by atoms with E-state index in [9.17, 15) is 13.2 Å². The highest BCUT2D eigenvalue weighted by Crippen LogP contribution is 2.31. The number of aromatic nitrogens is 5. The van der Waals surface area contributed by atoms with Gasteiger partial charge in [-0.1, -0.05) is 35.0 Å². The van der Waals surface area contributed by atoms with E-state index in [1.165, 1.54) is 4.68 Å². The Labute approximate surface area is 156 Å². The molecular formula is C16H14ClF3N6O. The van der Waals surface area contributed by atoms with Gasteiger partial charge < -0.3 is 9.64 Å². The molecule has 1 aliphatic heterocycles. The van der Waals surface area contributed by atoms with Crippen LogP contribution in [0.1, 0.15) is 11.4 Å². The number of benzene rings is 1. The third-order valence-electron chi connectivity index (χ3n) is 4.19. The van der Waals surface area contributed by atoms with Crippen molar-refractivity contribution in [3.05, 3.63) is 40.7 Å². The lowest BCUT2D eigenvalue weighted by atomic mass is 10.2. The molecule has 0 spiro atoms. The van der Waals surface area contributed by atoms with Crippen molar-refractivity contribution in [1.82, 2.24) is 25.0 Å². The van der Waals surface area contributed by atoms with Crippen LogP contribution < -0.4 is 4.90 Å². The van der Waals surface area contributed by atoms with Crippen LogP contribution in [0.4, 0.5) is 19.0 Å². The average Bonchev–Trinajstić information content (AvgIpc) is 3.06. The van der Waals surface area contributed by atoms with Gasteiger partial charge in [0.25, 0.3) is 0 Å². The maximum atomic E-state index is 13.4. The Balaban J connectivity index is 1.83. The monoisotopic (exact) mass is 398 g/mol. The van der Waals surface area contributed by atoms with Crippen LogP contribution in [0.2, 0.25) is 5.02 Å². The molecule has 0 atom stereocenters. The van der Waals surface area contributed by atoms with Crippen molar-refractivity contribution in [2.24, 2.45) is 0 Å². The number of fused-ring (bicyclic) bond motifs is 1. The molecule has 1 fully saturated rings. The number of halogens is 4. The minimum Gasteiger partial charge on any atom is -0.378 e. The van der Waals surface area contributed by atoms with Gasteiger partial charge in [-0.2, -0.15) is 13.2 Å². The third-order valence-corrected chi connectivity index (χ3v) is 4.56. The van der Waals surface area contributed by atoms with Crippen LogP contribution in [0.25, 0.3) is 11.2 Å². The van der Waals surface area contributed by atoms with E-state index in [2.05, 4.69) is 20.3 Å². The summed E-state index contributed by atoms with van der Waals surface area (Å²) in [6, 6.07) is 7.03. The fraction of sp³-hybridized carbons (Fsp3) is 0.375. The number of hydrogen-bond donors (Lipinski definition) is 0. The number of nitrogens with zero attached hydrogens (tertiary/aromatic N) is 6. The highest BCUT2D eigenvalue weighted by Gasteiger charge is 2.37. The van der Waals surface area contributed by atoms with Crippen molar-refractivity contribution in [1.29, 1.82) is 0 Å². The molecule has 3 heterocycles. The molecule has 0 bridgehead atoms. The molecule has 0 saturated carbocycles. The van der Waals surface area contributed by atoms with Gasteiger partial charge in [0.1, 0.15) is 0 Å². The Bertz CT molecular complexity index is 970. The van der Waals surface area contributed by atoms with Gasteiger partial charge >= 0.3 is 6.18 Å².